The van der Waals surface area contributed by atoms with Crippen LogP contribution < -0.4 is 0 Å². The summed E-state index contributed by atoms with van der Waals surface area (Å²) >= 11 is 0. The van der Waals surface area contributed by atoms with E-state index >= 15 is 0 Å². The summed E-state index contributed by atoms with van der Waals surface area (Å²) < 4.78 is 6.60. The van der Waals surface area contributed by atoms with Crippen molar-refractivity contribution in [2.45, 2.75) is 0 Å². The van der Waals surface area contributed by atoms with Crippen molar-refractivity contribution in [3.63, 3.8) is 0 Å². The minimum atomic E-state index is 0.630. The van der Waals surface area contributed by atoms with Gasteiger partial charge in [0.2, 0.25) is 0 Å². The lowest BCUT2D eigenvalue weighted by molar-refractivity contribution is 0.673. The normalized spacial score (nSPS) is 11.3. The fourth-order valence-electron chi connectivity index (χ4n) is 7.44. The van der Waals surface area contributed by atoms with Gasteiger partial charge < -0.3 is 4.42 Å². The fraction of sp³-hybridized carbons (Fsp3) is 0. The fourth-order valence-corrected chi connectivity index (χ4v) is 7.44. The first-order chi connectivity index (χ1) is 27.2. The van der Waals surface area contributed by atoms with Gasteiger partial charge in [0.15, 0.2) is 17.5 Å². The Morgan fingerprint density at radius 1 is 0.382 bits per heavy atom. The van der Waals surface area contributed by atoms with Crippen LogP contribution in [0.2, 0.25) is 0 Å². The molecular weight excluding hydrogens is 673 g/mol. The average molecular weight is 703 g/mol. The molecule has 0 spiro atoms. The van der Waals surface area contributed by atoms with Gasteiger partial charge in [0.05, 0.1) is 11.6 Å². The molecule has 2 heterocycles. The molecular formula is C50H30N4O. The van der Waals surface area contributed by atoms with Gasteiger partial charge in [-0.2, -0.15) is 5.26 Å². The topological polar surface area (TPSA) is 75.6 Å². The molecule has 5 nitrogen and oxygen atoms in total. The lowest BCUT2D eigenvalue weighted by atomic mass is 9.92. The lowest BCUT2D eigenvalue weighted by Crippen LogP contribution is -2.00. The number of nitrogens with zero attached hydrogens (tertiary/aromatic N) is 4. The third kappa shape index (κ3) is 5.79. The molecule has 55 heavy (non-hydrogen) atoms. The van der Waals surface area contributed by atoms with Crippen LogP contribution in [0.25, 0.3) is 100 Å². The van der Waals surface area contributed by atoms with Crippen molar-refractivity contribution >= 4 is 32.7 Å². The monoisotopic (exact) mass is 702 g/mol. The van der Waals surface area contributed by atoms with E-state index in [-0.39, 0.29) is 0 Å². The van der Waals surface area contributed by atoms with Gasteiger partial charge >= 0.3 is 0 Å². The summed E-state index contributed by atoms with van der Waals surface area (Å²) in [6, 6.07) is 64.1. The molecule has 0 unspecified atom stereocenters. The number of aromatic nitrogens is 3. The lowest BCUT2D eigenvalue weighted by Gasteiger charge is -2.10. The molecule has 0 bridgehead atoms. The van der Waals surface area contributed by atoms with E-state index in [2.05, 4.69) is 97.1 Å². The van der Waals surface area contributed by atoms with Crippen molar-refractivity contribution in [2.24, 2.45) is 0 Å². The van der Waals surface area contributed by atoms with Gasteiger partial charge in [-0.15, -0.1) is 0 Å². The van der Waals surface area contributed by atoms with Crippen LogP contribution in [0.15, 0.2) is 186 Å². The van der Waals surface area contributed by atoms with Crippen LogP contribution in [0.1, 0.15) is 5.56 Å². The highest BCUT2D eigenvalue weighted by Gasteiger charge is 2.18. The Morgan fingerprint density at radius 2 is 0.855 bits per heavy atom. The summed E-state index contributed by atoms with van der Waals surface area (Å²) in [6.45, 7) is 0. The Kier molecular flexibility index (Phi) is 7.79. The van der Waals surface area contributed by atoms with E-state index in [0.29, 0.717) is 23.0 Å². The van der Waals surface area contributed by atoms with Crippen LogP contribution >= 0.6 is 0 Å². The molecule has 0 fully saturated rings. The summed E-state index contributed by atoms with van der Waals surface area (Å²) in [7, 11) is 0. The highest BCUT2D eigenvalue weighted by molar-refractivity contribution is 6.22. The van der Waals surface area contributed by atoms with Crippen LogP contribution in [0, 0.1) is 11.3 Å². The van der Waals surface area contributed by atoms with Gasteiger partial charge in [-0.05, 0) is 63.0 Å². The SMILES string of the molecule is N#Cc1ccc(-c2cc3c(oc4cccc(-c5ccc(-c6ccc(-c7nc(-c8ccccc8)nc(-c8ccccc8)n7)cc6)cc5)c43)c3ccccc23)cc1. The summed E-state index contributed by atoms with van der Waals surface area (Å²) in [6.07, 6.45) is 0. The molecule has 0 radical (unpaired) electrons. The predicted molar refractivity (Wildman–Crippen MR) is 222 cm³/mol. The average Bonchev–Trinajstić information content (AvgIpc) is 3.66. The van der Waals surface area contributed by atoms with E-state index in [0.717, 1.165) is 82.8 Å². The number of benzene rings is 8. The molecule has 0 atom stereocenters. The molecule has 0 amide bonds. The summed E-state index contributed by atoms with van der Waals surface area (Å²) in [4.78, 5) is 14.6. The molecule has 2 aromatic heterocycles. The zero-order chi connectivity index (χ0) is 36.7. The zero-order valence-corrected chi connectivity index (χ0v) is 29.5. The smallest absolute Gasteiger partial charge is 0.164 e. The summed E-state index contributed by atoms with van der Waals surface area (Å²) in [5, 5.41) is 13.7. The van der Waals surface area contributed by atoms with Gasteiger partial charge in [-0.25, -0.2) is 15.0 Å². The first kappa shape index (κ1) is 32.0. The second-order valence-electron chi connectivity index (χ2n) is 13.5. The number of fused-ring (bicyclic) bond motifs is 5. The molecule has 10 rings (SSSR count). The molecule has 5 heteroatoms. The van der Waals surface area contributed by atoms with E-state index in [1.54, 1.807) is 0 Å². The van der Waals surface area contributed by atoms with Crippen molar-refractivity contribution in [1.29, 1.82) is 5.26 Å². The standard InChI is InChI=1S/C50H30N4O/c51-31-32-18-20-36(21-19-32)43-30-44-46-40(16-9-17-45(46)55-47(44)42-15-8-7-14-41(42)43)35-26-22-33(23-27-35)34-24-28-39(29-25-34)50-53-48(37-10-3-1-4-11-37)52-49(54-50)38-12-5-2-6-13-38/h1-30H. The molecule has 0 N–H and O–H groups in total. The van der Waals surface area contributed by atoms with Crippen molar-refractivity contribution < 1.29 is 4.42 Å². The number of furan rings is 1. The van der Waals surface area contributed by atoms with E-state index in [1.807, 2.05) is 91.0 Å². The molecule has 0 aliphatic rings. The number of nitriles is 1. The highest BCUT2D eigenvalue weighted by atomic mass is 16.3. The molecule has 256 valence electrons. The maximum absolute atomic E-state index is 9.39. The number of hydrogen-bond donors (Lipinski definition) is 0. The Bertz CT molecular complexity index is 3000. The minimum absolute atomic E-state index is 0.630. The second kappa shape index (κ2) is 13.4. The first-order valence-electron chi connectivity index (χ1n) is 18.2. The second-order valence-corrected chi connectivity index (χ2v) is 13.5. The van der Waals surface area contributed by atoms with E-state index < -0.39 is 0 Å². The Hall–Kier alpha value is -7.68. The largest absolute Gasteiger partial charge is 0.455 e. The van der Waals surface area contributed by atoms with Gasteiger partial charge in [-0.3, -0.25) is 0 Å². The van der Waals surface area contributed by atoms with E-state index in [9.17, 15) is 5.26 Å². The van der Waals surface area contributed by atoms with E-state index in [1.165, 1.54) is 0 Å². The number of rotatable bonds is 6. The molecule has 0 aliphatic carbocycles. The van der Waals surface area contributed by atoms with Crippen molar-refractivity contribution in [3.05, 3.63) is 188 Å². The van der Waals surface area contributed by atoms with Crippen LogP contribution in [0.4, 0.5) is 0 Å². The van der Waals surface area contributed by atoms with Gasteiger partial charge in [0.25, 0.3) is 0 Å². The van der Waals surface area contributed by atoms with Crippen molar-refractivity contribution in [3.8, 4) is 73.6 Å². The van der Waals surface area contributed by atoms with Crippen LogP contribution in [0.5, 0.6) is 0 Å². The molecule has 0 saturated heterocycles. The maximum atomic E-state index is 9.39. The van der Waals surface area contributed by atoms with Crippen LogP contribution in [0.3, 0.4) is 0 Å². The Balaban J connectivity index is 1.01. The van der Waals surface area contributed by atoms with Gasteiger partial charge in [0.1, 0.15) is 11.2 Å². The van der Waals surface area contributed by atoms with Crippen molar-refractivity contribution in [1.82, 2.24) is 15.0 Å². The van der Waals surface area contributed by atoms with Crippen LogP contribution in [-0.2, 0) is 0 Å². The molecule has 10 aromatic rings. The highest BCUT2D eigenvalue weighted by Crippen LogP contribution is 2.43. The molecule has 8 aromatic carbocycles. The maximum Gasteiger partial charge on any atom is 0.164 e. The van der Waals surface area contributed by atoms with Crippen molar-refractivity contribution in [2.75, 3.05) is 0 Å². The summed E-state index contributed by atoms with van der Waals surface area (Å²) in [5.41, 5.74) is 11.8. The van der Waals surface area contributed by atoms with Gasteiger partial charge in [0, 0.05) is 32.8 Å². The third-order valence-corrected chi connectivity index (χ3v) is 10.2. The first-order valence-corrected chi connectivity index (χ1v) is 18.2. The van der Waals surface area contributed by atoms with Gasteiger partial charge in [-0.1, -0.05) is 158 Å². The quantitative estimate of drug-likeness (QED) is 0.172. The molecule has 0 saturated carbocycles. The zero-order valence-electron chi connectivity index (χ0n) is 29.5. The number of hydrogen-bond acceptors (Lipinski definition) is 5. The predicted octanol–water partition coefficient (Wildman–Crippen LogP) is 12.8. The Morgan fingerprint density at radius 3 is 1.44 bits per heavy atom. The third-order valence-electron chi connectivity index (χ3n) is 10.2. The van der Waals surface area contributed by atoms with Crippen LogP contribution in [-0.4, -0.2) is 15.0 Å². The van der Waals surface area contributed by atoms with E-state index in [4.69, 9.17) is 19.4 Å². The Labute approximate surface area is 317 Å². The summed E-state index contributed by atoms with van der Waals surface area (Å²) in [5.74, 6) is 1.91. The molecule has 0 aliphatic heterocycles. The minimum Gasteiger partial charge on any atom is -0.455 e.